The van der Waals surface area contributed by atoms with Crippen LogP contribution in [0.15, 0.2) is 30.3 Å². The molecule has 1 rings (SSSR count). The molecule has 1 atom stereocenters. The van der Waals surface area contributed by atoms with E-state index in [9.17, 15) is 14.4 Å². The van der Waals surface area contributed by atoms with E-state index in [4.69, 9.17) is 4.74 Å². The van der Waals surface area contributed by atoms with E-state index >= 15 is 0 Å². The molecule has 0 spiro atoms. The van der Waals surface area contributed by atoms with Crippen molar-refractivity contribution in [2.45, 2.75) is 45.3 Å². The molecule has 2 N–H and O–H groups in total. The lowest BCUT2D eigenvalue weighted by atomic mass is 10.1. The fraction of sp³-hybridized carbons (Fsp3) is 0.500. The van der Waals surface area contributed by atoms with E-state index in [1.165, 1.54) is 6.92 Å². The van der Waals surface area contributed by atoms with E-state index in [0.29, 0.717) is 6.42 Å². The van der Waals surface area contributed by atoms with Crippen LogP contribution >= 0.6 is 0 Å². The zero-order valence-electron chi connectivity index (χ0n) is 14.3. The van der Waals surface area contributed by atoms with E-state index in [2.05, 4.69) is 10.6 Å². The highest BCUT2D eigenvalue weighted by molar-refractivity contribution is 5.98. The van der Waals surface area contributed by atoms with Gasteiger partial charge in [-0.2, -0.15) is 0 Å². The van der Waals surface area contributed by atoms with Gasteiger partial charge in [-0.25, -0.2) is 4.79 Å². The SMILES string of the molecule is CNCCCCC(NC(=O)CC(C)=O)C(=O)OCc1ccccc1. The summed E-state index contributed by atoms with van der Waals surface area (Å²) in [4.78, 5) is 35.1. The number of nitrogens with one attached hydrogen (secondary N) is 2. The predicted molar refractivity (Wildman–Crippen MR) is 91.2 cm³/mol. The van der Waals surface area contributed by atoms with E-state index in [-0.39, 0.29) is 18.8 Å². The smallest absolute Gasteiger partial charge is 0.328 e. The van der Waals surface area contributed by atoms with Gasteiger partial charge >= 0.3 is 5.97 Å². The molecule has 1 unspecified atom stereocenters. The quantitative estimate of drug-likeness (QED) is 0.365. The molecular formula is C18H26N2O4. The Morgan fingerprint density at radius 2 is 1.83 bits per heavy atom. The van der Waals surface area contributed by atoms with Gasteiger partial charge in [0, 0.05) is 0 Å². The molecule has 0 aliphatic rings. The first-order valence-electron chi connectivity index (χ1n) is 8.17. The lowest BCUT2D eigenvalue weighted by Gasteiger charge is -2.17. The van der Waals surface area contributed by atoms with Crippen LogP contribution in [0.4, 0.5) is 0 Å². The predicted octanol–water partition coefficient (Wildman–Crippen LogP) is 1.58. The maximum absolute atomic E-state index is 12.3. The monoisotopic (exact) mass is 334 g/mol. The van der Waals surface area contributed by atoms with Crippen LogP contribution in [-0.4, -0.2) is 37.3 Å². The normalized spacial score (nSPS) is 11.6. The summed E-state index contributed by atoms with van der Waals surface area (Å²) in [5.74, 6) is -1.16. The highest BCUT2D eigenvalue weighted by atomic mass is 16.5. The molecule has 0 aliphatic carbocycles. The van der Waals surface area contributed by atoms with Crippen LogP contribution in [0.2, 0.25) is 0 Å². The van der Waals surface area contributed by atoms with E-state index in [0.717, 1.165) is 24.9 Å². The number of unbranched alkanes of at least 4 members (excludes halogenated alkanes) is 1. The number of ether oxygens (including phenoxy) is 1. The molecule has 1 aromatic carbocycles. The van der Waals surface area contributed by atoms with Gasteiger partial charge in [0.25, 0.3) is 0 Å². The Kier molecular flexibility index (Phi) is 9.38. The molecule has 6 heteroatoms. The van der Waals surface area contributed by atoms with Crippen molar-refractivity contribution in [2.24, 2.45) is 0 Å². The first kappa shape index (κ1) is 19.8. The van der Waals surface area contributed by atoms with Crippen molar-refractivity contribution in [3.05, 3.63) is 35.9 Å². The number of esters is 1. The number of rotatable bonds is 11. The maximum atomic E-state index is 12.3. The van der Waals surface area contributed by atoms with Gasteiger partial charge in [-0.05, 0) is 45.3 Å². The van der Waals surface area contributed by atoms with Crippen LogP contribution in [0.5, 0.6) is 0 Å². The first-order valence-corrected chi connectivity index (χ1v) is 8.17. The van der Waals surface area contributed by atoms with Crippen molar-refractivity contribution in [1.29, 1.82) is 0 Å². The van der Waals surface area contributed by atoms with Crippen LogP contribution in [0.1, 0.15) is 38.2 Å². The summed E-state index contributed by atoms with van der Waals surface area (Å²) in [7, 11) is 1.86. The summed E-state index contributed by atoms with van der Waals surface area (Å²) in [6, 6.07) is 8.63. The summed E-state index contributed by atoms with van der Waals surface area (Å²) in [6.07, 6.45) is 1.92. The Bertz CT molecular complexity index is 531. The van der Waals surface area contributed by atoms with Gasteiger partial charge < -0.3 is 15.4 Å². The molecule has 132 valence electrons. The third kappa shape index (κ3) is 8.43. The molecule has 0 saturated heterocycles. The van der Waals surface area contributed by atoms with E-state index in [1.807, 2.05) is 37.4 Å². The van der Waals surface area contributed by atoms with Crippen molar-refractivity contribution in [1.82, 2.24) is 10.6 Å². The van der Waals surface area contributed by atoms with Crippen molar-refractivity contribution in [3.8, 4) is 0 Å². The van der Waals surface area contributed by atoms with Crippen LogP contribution in [0.3, 0.4) is 0 Å². The molecule has 6 nitrogen and oxygen atoms in total. The zero-order valence-corrected chi connectivity index (χ0v) is 14.3. The summed E-state index contributed by atoms with van der Waals surface area (Å²) in [6.45, 7) is 2.34. The van der Waals surface area contributed by atoms with Crippen molar-refractivity contribution in [2.75, 3.05) is 13.6 Å². The molecule has 0 fully saturated rings. The number of ketones is 1. The van der Waals surface area contributed by atoms with Gasteiger partial charge in [-0.1, -0.05) is 30.3 Å². The minimum atomic E-state index is -0.725. The zero-order chi connectivity index (χ0) is 17.8. The second kappa shape index (κ2) is 11.3. The third-order valence-corrected chi connectivity index (χ3v) is 3.42. The largest absolute Gasteiger partial charge is 0.459 e. The highest BCUT2D eigenvalue weighted by Gasteiger charge is 2.22. The molecule has 24 heavy (non-hydrogen) atoms. The van der Waals surface area contributed by atoms with Gasteiger partial charge in [-0.3, -0.25) is 9.59 Å². The van der Waals surface area contributed by atoms with Gasteiger partial charge in [0.1, 0.15) is 18.4 Å². The van der Waals surface area contributed by atoms with Crippen LogP contribution in [0, 0.1) is 0 Å². The van der Waals surface area contributed by atoms with Crippen molar-refractivity contribution in [3.63, 3.8) is 0 Å². The molecule has 0 aliphatic heterocycles. The summed E-state index contributed by atoms with van der Waals surface area (Å²) in [5, 5.41) is 5.64. The summed E-state index contributed by atoms with van der Waals surface area (Å²) in [5.41, 5.74) is 0.884. The van der Waals surface area contributed by atoms with Gasteiger partial charge in [0.2, 0.25) is 5.91 Å². The van der Waals surface area contributed by atoms with E-state index < -0.39 is 17.9 Å². The number of carbonyl (C=O) groups is 3. The Hall–Kier alpha value is -2.21. The van der Waals surface area contributed by atoms with Crippen molar-refractivity contribution >= 4 is 17.7 Å². The minimum Gasteiger partial charge on any atom is -0.459 e. The molecule has 1 aromatic rings. The number of amides is 1. The maximum Gasteiger partial charge on any atom is 0.328 e. The second-order valence-electron chi connectivity index (χ2n) is 5.69. The van der Waals surface area contributed by atoms with E-state index in [1.54, 1.807) is 0 Å². The van der Waals surface area contributed by atoms with Crippen LogP contribution < -0.4 is 10.6 Å². The Morgan fingerprint density at radius 3 is 2.46 bits per heavy atom. The highest BCUT2D eigenvalue weighted by Crippen LogP contribution is 2.07. The topological polar surface area (TPSA) is 84.5 Å². The lowest BCUT2D eigenvalue weighted by molar-refractivity contribution is -0.149. The molecular weight excluding hydrogens is 308 g/mol. The lowest BCUT2D eigenvalue weighted by Crippen LogP contribution is -2.42. The second-order valence-corrected chi connectivity index (χ2v) is 5.69. The Balaban J connectivity index is 2.55. The Morgan fingerprint density at radius 1 is 1.12 bits per heavy atom. The van der Waals surface area contributed by atoms with Gasteiger partial charge in [-0.15, -0.1) is 0 Å². The number of benzene rings is 1. The van der Waals surface area contributed by atoms with Crippen molar-refractivity contribution < 1.29 is 19.1 Å². The minimum absolute atomic E-state index is 0.162. The average Bonchev–Trinajstić information content (AvgIpc) is 2.55. The van der Waals surface area contributed by atoms with Gasteiger partial charge in [0.15, 0.2) is 0 Å². The average molecular weight is 334 g/mol. The molecule has 0 saturated carbocycles. The first-order chi connectivity index (χ1) is 11.5. The number of Topliss-reactive ketones (excluding diaryl/α,β-unsaturated/α-hetero) is 1. The molecule has 1 amide bonds. The molecule has 0 radical (unpaired) electrons. The molecule has 0 aromatic heterocycles. The molecule has 0 bridgehead atoms. The molecule has 0 heterocycles. The summed E-state index contributed by atoms with van der Waals surface area (Å²) < 4.78 is 5.30. The number of hydrogen-bond donors (Lipinski definition) is 2. The number of carbonyl (C=O) groups excluding carboxylic acids is 3. The third-order valence-electron chi connectivity index (χ3n) is 3.42. The van der Waals surface area contributed by atoms with Crippen LogP contribution in [0.25, 0.3) is 0 Å². The summed E-state index contributed by atoms with van der Waals surface area (Å²) >= 11 is 0. The fourth-order valence-electron chi connectivity index (χ4n) is 2.20. The Labute approximate surface area is 143 Å². The van der Waals surface area contributed by atoms with Crippen LogP contribution in [-0.2, 0) is 25.7 Å². The standard InChI is InChI=1S/C18H26N2O4/c1-14(21)12-17(22)20-16(10-6-7-11-19-2)18(23)24-13-15-8-4-3-5-9-15/h3-5,8-9,16,19H,6-7,10-13H2,1-2H3,(H,20,22). The fourth-order valence-corrected chi connectivity index (χ4v) is 2.20. The van der Waals surface area contributed by atoms with Gasteiger partial charge in [0.05, 0.1) is 6.42 Å². The number of hydrogen-bond acceptors (Lipinski definition) is 5.